The Morgan fingerprint density at radius 2 is 2.21 bits per heavy atom. The molecule has 2 aromatic rings. The smallest absolute Gasteiger partial charge is 0.320 e. The van der Waals surface area contributed by atoms with Crippen LogP contribution in [0.1, 0.15) is 16.5 Å². The molecule has 2 N–H and O–H groups in total. The fraction of sp³-hybridized carbons (Fsp3) is 0.412. The van der Waals surface area contributed by atoms with Crippen molar-refractivity contribution in [2.45, 2.75) is 13.0 Å². The maximum atomic E-state index is 12.2. The van der Waals surface area contributed by atoms with Crippen LogP contribution in [0.5, 0.6) is 0 Å². The number of morpholine rings is 1. The van der Waals surface area contributed by atoms with Gasteiger partial charge in [0.05, 0.1) is 19.3 Å². The van der Waals surface area contributed by atoms with Gasteiger partial charge in [-0.2, -0.15) is 0 Å². The van der Waals surface area contributed by atoms with E-state index in [1.165, 1.54) is 4.88 Å². The van der Waals surface area contributed by atoms with E-state index < -0.39 is 0 Å². The summed E-state index contributed by atoms with van der Waals surface area (Å²) >= 11 is 1.72. The molecule has 0 radical (unpaired) electrons. The molecule has 2 amide bonds. The van der Waals surface area contributed by atoms with Crippen molar-refractivity contribution >= 4 is 23.2 Å². The molecule has 1 fully saturated rings. The molecular weight excluding hydrogens is 324 g/mol. The van der Waals surface area contributed by atoms with E-state index in [2.05, 4.69) is 32.0 Å². The maximum Gasteiger partial charge on any atom is 0.320 e. The van der Waals surface area contributed by atoms with Crippen molar-refractivity contribution in [3.05, 3.63) is 46.3 Å². The van der Waals surface area contributed by atoms with Crippen LogP contribution in [0.15, 0.2) is 35.8 Å². The number of ether oxygens (including phenoxy) is 1. The Labute approximate surface area is 145 Å². The lowest BCUT2D eigenvalue weighted by atomic mass is 10.2. The van der Waals surface area contributed by atoms with Gasteiger partial charge in [0.2, 0.25) is 0 Å². The molecule has 24 heavy (non-hydrogen) atoms. The van der Waals surface area contributed by atoms with Crippen molar-refractivity contribution < 1.29 is 9.53 Å². The van der Waals surface area contributed by atoms with Crippen LogP contribution in [0.25, 0.3) is 0 Å². The van der Waals surface area contributed by atoms with E-state index in [0.29, 0.717) is 12.4 Å². The first-order valence-electron chi connectivity index (χ1n) is 8.05. The van der Waals surface area contributed by atoms with Gasteiger partial charge in [0, 0.05) is 30.7 Å². The molecule has 0 aliphatic carbocycles. The molecule has 1 aliphatic heterocycles. The third kappa shape index (κ3) is 4.31. The number of urea groups is 1. The molecule has 3 rings (SSSR count). The normalized spacial score (nSPS) is 16.5. The van der Waals surface area contributed by atoms with Gasteiger partial charge in [-0.1, -0.05) is 12.1 Å². The number of aryl methyl sites for hydroxylation is 1. The topological polar surface area (TPSA) is 66.5 Å². The number of thiophene rings is 1. The summed E-state index contributed by atoms with van der Waals surface area (Å²) in [6.45, 7) is 5.71. The second-order valence-corrected chi connectivity index (χ2v) is 6.66. The number of rotatable bonds is 5. The highest BCUT2D eigenvalue weighted by Crippen LogP contribution is 2.25. The van der Waals surface area contributed by atoms with E-state index in [1.54, 1.807) is 17.5 Å². The molecule has 128 valence electrons. The predicted molar refractivity (Wildman–Crippen MR) is 95.4 cm³/mol. The second-order valence-electron chi connectivity index (χ2n) is 5.68. The number of carbonyl (C=O) groups is 1. The maximum absolute atomic E-state index is 12.2. The van der Waals surface area contributed by atoms with Crippen LogP contribution < -0.4 is 10.6 Å². The molecule has 2 aromatic heterocycles. The zero-order chi connectivity index (χ0) is 16.8. The van der Waals surface area contributed by atoms with E-state index in [1.807, 2.05) is 25.1 Å². The minimum atomic E-state index is -0.230. The predicted octanol–water partition coefficient (Wildman–Crippen LogP) is 2.65. The minimum Gasteiger partial charge on any atom is -0.379 e. The molecule has 1 unspecified atom stereocenters. The largest absolute Gasteiger partial charge is 0.379 e. The van der Waals surface area contributed by atoms with Gasteiger partial charge in [-0.3, -0.25) is 10.2 Å². The van der Waals surface area contributed by atoms with Crippen molar-refractivity contribution in [3.8, 4) is 0 Å². The number of nitrogens with zero attached hydrogens (tertiary/aromatic N) is 2. The van der Waals surface area contributed by atoms with Crippen molar-refractivity contribution in [1.82, 2.24) is 15.2 Å². The Kier molecular flexibility index (Phi) is 5.79. The molecule has 1 saturated heterocycles. The molecule has 0 saturated carbocycles. The highest BCUT2D eigenvalue weighted by molar-refractivity contribution is 7.10. The van der Waals surface area contributed by atoms with Crippen LogP contribution in [0.3, 0.4) is 0 Å². The fourth-order valence-electron chi connectivity index (χ4n) is 2.74. The third-order valence-electron chi connectivity index (χ3n) is 4.06. The Morgan fingerprint density at radius 1 is 1.38 bits per heavy atom. The van der Waals surface area contributed by atoms with Crippen molar-refractivity contribution in [2.24, 2.45) is 0 Å². The zero-order valence-corrected chi connectivity index (χ0v) is 14.5. The molecular formula is C17H22N4O2S. The third-order valence-corrected chi connectivity index (χ3v) is 5.03. The molecule has 1 aliphatic rings. The average Bonchev–Trinajstić information content (AvgIpc) is 3.12. The number of aromatic nitrogens is 1. The minimum absolute atomic E-state index is 0.171. The number of amides is 2. The zero-order valence-electron chi connectivity index (χ0n) is 13.7. The van der Waals surface area contributed by atoms with E-state index >= 15 is 0 Å². The lowest BCUT2D eigenvalue weighted by molar-refractivity contribution is 0.0175. The van der Waals surface area contributed by atoms with Crippen molar-refractivity contribution in [3.63, 3.8) is 0 Å². The summed E-state index contributed by atoms with van der Waals surface area (Å²) < 4.78 is 5.44. The SMILES string of the molecule is Cc1cccnc1NC(=O)NCC(c1cccs1)N1CCOCC1. The first-order chi connectivity index (χ1) is 11.7. The summed E-state index contributed by atoms with van der Waals surface area (Å²) in [5.41, 5.74) is 0.940. The summed E-state index contributed by atoms with van der Waals surface area (Å²) in [5, 5.41) is 7.86. The Morgan fingerprint density at radius 3 is 2.92 bits per heavy atom. The number of pyridine rings is 1. The molecule has 6 nitrogen and oxygen atoms in total. The van der Waals surface area contributed by atoms with Crippen LogP contribution in [0.2, 0.25) is 0 Å². The summed E-state index contributed by atoms with van der Waals surface area (Å²) in [6, 6.07) is 7.88. The lowest BCUT2D eigenvalue weighted by Gasteiger charge is -2.34. The highest BCUT2D eigenvalue weighted by Gasteiger charge is 2.24. The fourth-order valence-corrected chi connectivity index (χ4v) is 3.60. The summed E-state index contributed by atoms with van der Waals surface area (Å²) in [4.78, 5) is 20.0. The quantitative estimate of drug-likeness (QED) is 0.873. The molecule has 0 bridgehead atoms. The molecule has 0 aromatic carbocycles. The van der Waals surface area contributed by atoms with Crippen LogP contribution in [-0.2, 0) is 4.74 Å². The van der Waals surface area contributed by atoms with Crippen molar-refractivity contribution in [1.29, 1.82) is 0 Å². The summed E-state index contributed by atoms with van der Waals surface area (Å²) in [6.07, 6.45) is 1.67. The van der Waals surface area contributed by atoms with Gasteiger partial charge in [-0.25, -0.2) is 9.78 Å². The summed E-state index contributed by atoms with van der Waals surface area (Å²) in [7, 11) is 0. The van der Waals surface area contributed by atoms with E-state index in [4.69, 9.17) is 4.74 Å². The first kappa shape index (κ1) is 16.9. The monoisotopic (exact) mass is 346 g/mol. The Balaban J connectivity index is 1.61. The molecule has 7 heteroatoms. The Hall–Kier alpha value is -1.96. The van der Waals surface area contributed by atoms with E-state index in [9.17, 15) is 4.79 Å². The van der Waals surface area contributed by atoms with Crippen LogP contribution >= 0.6 is 11.3 Å². The van der Waals surface area contributed by atoms with Gasteiger partial charge >= 0.3 is 6.03 Å². The van der Waals surface area contributed by atoms with Gasteiger partial charge in [0.25, 0.3) is 0 Å². The standard InChI is InChI=1S/C17H22N4O2S/c1-13-4-2-6-18-16(13)20-17(22)19-12-14(15-5-3-11-24-15)21-7-9-23-10-8-21/h2-6,11,14H,7-10,12H2,1H3,(H2,18,19,20,22). The number of hydrogen-bond acceptors (Lipinski definition) is 5. The van der Waals surface area contributed by atoms with Crippen LogP contribution in [-0.4, -0.2) is 48.8 Å². The highest BCUT2D eigenvalue weighted by atomic mass is 32.1. The van der Waals surface area contributed by atoms with Crippen LogP contribution in [0.4, 0.5) is 10.6 Å². The lowest BCUT2D eigenvalue weighted by Crippen LogP contribution is -2.44. The van der Waals surface area contributed by atoms with Gasteiger partial charge in [-0.15, -0.1) is 11.3 Å². The Bertz CT molecular complexity index is 656. The second kappa shape index (κ2) is 8.23. The van der Waals surface area contributed by atoms with Crippen LogP contribution in [0, 0.1) is 6.92 Å². The van der Waals surface area contributed by atoms with Gasteiger partial charge in [-0.05, 0) is 30.0 Å². The average molecular weight is 346 g/mol. The number of anilines is 1. The number of carbonyl (C=O) groups excluding carboxylic acids is 1. The van der Waals surface area contributed by atoms with E-state index in [-0.39, 0.29) is 12.1 Å². The van der Waals surface area contributed by atoms with Crippen molar-refractivity contribution in [2.75, 3.05) is 38.2 Å². The molecule has 1 atom stereocenters. The first-order valence-corrected chi connectivity index (χ1v) is 8.93. The van der Waals surface area contributed by atoms with Gasteiger partial charge in [0.15, 0.2) is 0 Å². The van der Waals surface area contributed by atoms with Gasteiger partial charge in [0.1, 0.15) is 5.82 Å². The number of nitrogens with one attached hydrogen (secondary N) is 2. The summed E-state index contributed by atoms with van der Waals surface area (Å²) in [5.74, 6) is 0.592. The number of hydrogen-bond donors (Lipinski definition) is 2. The van der Waals surface area contributed by atoms with E-state index in [0.717, 1.165) is 31.9 Å². The molecule has 0 spiro atoms. The molecule has 3 heterocycles. The van der Waals surface area contributed by atoms with Gasteiger partial charge < -0.3 is 10.1 Å².